The average molecular weight is 393 g/mol. The highest BCUT2D eigenvalue weighted by Gasteiger charge is 2.31. The van der Waals surface area contributed by atoms with E-state index >= 15 is 0 Å². The van der Waals surface area contributed by atoms with Gasteiger partial charge >= 0.3 is 11.9 Å². The van der Waals surface area contributed by atoms with Crippen molar-refractivity contribution in [2.24, 2.45) is 5.92 Å². The van der Waals surface area contributed by atoms with Crippen LogP contribution < -0.4 is 5.69 Å². The van der Waals surface area contributed by atoms with Gasteiger partial charge in [0.1, 0.15) is 0 Å². The highest BCUT2D eigenvalue weighted by Crippen LogP contribution is 2.35. The Labute approximate surface area is 158 Å². The van der Waals surface area contributed by atoms with Gasteiger partial charge in [-0.3, -0.25) is 4.57 Å². The second-order valence-electron chi connectivity index (χ2n) is 6.84. The summed E-state index contributed by atoms with van der Waals surface area (Å²) in [5.41, 5.74) is -0.410. The molecule has 1 heterocycles. The molecule has 140 valence electrons. The molecule has 0 saturated heterocycles. The van der Waals surface area contributed by atoms with Gasteiger partial charge in [0, 0.05) is 5.39 Å². The van der Waals surface area contributed by atoms with Gasteiger partial charge in [-0.2, -0.15) is 18.2 Å². The Kier molecular flexibility index (Phi) is 4.46. The van der Waals surface area contributed by atoms with E-state index in [1.807, 2.05) is 0 Å². The number of nitrogens with zero attached hydrogens (tertiary/aromatic N) is 2. The van der Waals surface area contributed by atoms with Gasteiger partial charge in [0.2, 0.25) is 0 Å². The number of hydrogen-bond donors (Lipinski definition) is 0. The second-order valence-corrected chi connectivity index (χ2v) is 7.25. The molecule has 4 rings (SSSR count). The van der Waals surface area contributed by atoms with Gasteiger partial charge in [-0.15, -0.1) is 0 Å². The molecular weight excluding hydrogens is 377 g/mol. The first-order valence-corrected chi connectivity index (χ1v) is 9.10. The van der Waals surface area contributed by atoms with Gasteiger partial charge in [0.15, 0.2) is 0 Å². The highest BCUT2D eigenvalue weighted by molar-refractivity contribution is 6.32. The molecule has 1 saturated carbocycles. The lowest BCUT2D eigenvalue weighted by molar-refractivity contribution is -0.137. The first-order valence-electron chi connectivity index (χ1n) is 8.72. The number of fused-ring (bicyclic) bond motifs is 1. The van der Waals surface area contributed by atoms with Gasteiger partial charge in [-0.1, -0.05) is 42.6 Å². The third kappa shape index (κ3) is 3.58. The Hall–Kier alpha value is -2.34. The Bertz CT molecular complexity index is 1070. The molecule has 1 aliphatic rings. The Morgan fingerprint density at radius 3 is 2.56 bits per heavy atom. The molecule has 7 heteroatoms. The van der Waals surface area contributed by atoms with Crippen molar-refractivity contribution in [3.63, 3.8) is 0 Å². The molecule has 0 aliphatic heterocycles. The molecule has 0 atom stereocenters. The van der Waals surface area contributed by atoms with Crippen LogP contribution >= 0.6 is 11.6 Å². The molecule has 1 fully saturated rings. The van der Waals surface area contributed by atoms with Crippen molar-refractivity contribution >= 4 is 22.5 Å². The van der Waals surface area contributed by atoms with E-state index in [0.717, 1.165) is 36.0 Å². The predicted molar refractivity (Wildman–Crippen MR) is 98.4 cm³/mol. The van der Waals surface area contributed by atoms with E-state index in [-0.39, 0.29) is 10.5 Å². The van der Waals surface area contributed by atoms with Gasteiger partial charge in [-0.05, 0) is 43.0 Å². The number of halogens is 4. The standard InChI is InChI=1S/C20H16ClF3N2O/c21-15-3-1-2-4-17(15)26-18-11-13(20(22,23)24)8-9-14(18)16(25-19(26)27)10-7-12-5-6-12/h1-4,8-9,11-12H,5-7,10H2. The number of para-hydroxylation sites is 1. The lowest BCUT2D eigenvalue weighted by atomic mass is 10.0. The molecule has 0 radical (unpaired) electrons. The van der Waals surface area contributed by atoms with E-state index in [2.05, 4.69) is 4.98 Å². The van der Waals surface area contributed by atoms with Crippen LogP contribution in [0.2, 0.25) is 5.02 Å². The molecule has 3 nitrogen and oxygen atoms in total. The zero-order valence-electron chi connectivity index (χ0n) is 14.3. The summed E-state index contributed by atoms with van der Waals surface area (Å²) in [6.45, 7) is 0. The van der Waals surface area contributed by atoms with E-state index in [9.17, 15) is 18.0 Å². The van der Waals surface area contributed by atoms with Gasteiger partial charge < -0.3 is 0 Å². The third-order valence-corrected chi connectivity index (χ3v) is 5.20. The Balaban J connectivity index is 1.98. The monoisotopic (exact) mass is 392 g/mol. The molecule has 1 aromatic heterocycles. The van der Waals surface area contributed by atoms with Gasteiger partial charge in [-0.25, -0.2) is 4.79 Å². The Morgan fingerprint density at radius 1 is 1.15 bits per heavy atom. The van der Waals surface area contributed by atoms with E-state index < -0.39 is 17.4 Å². The molecule has 27 heavy (non-hydrogen) atoms. The van der Waals surface area contributed by atoms with E-state index in [1.54, 1.807) is 24.3 Å². The van der Waals surface area contributed by atoms with Crippen molar-refractivity contribution in [2.75, 3.05) is 0 Å². The summed E-state index contributed by atoms with van der Waals surface area (Å²) in [6, 6.07) is 9.99. The summed E-state index contributed by atoms with van der Waals surface area (Å²) in [7, 11) is 0. The maximum Gasteiger partial charge on any atom is 0.416 e. The van der Waals surface area contributed by atoms with E-state index in [0.29, 0.717) is 29.1 Å². The van der Waals surface area contributed by atoms with Crippen molar-refractivity contribution in [2.45, 2.75) is 31.9 Å². The van der Waals surface area contributed by atoms with Crippen molar-refractivity contribution in [3.05, 3.63) is 69.2 Å². The van der Waals surface area contributed by atoms with Crippen molar-refractivity contribution in [3.8, 4) is 5.69 Å². The third-order valence-electron chi connectivity index (χ3n) is 4.88. The number of rotatable bonds is 4. The minimum atomic E-state index is -4.51. The first kappa shape index (κ1) is 18.0. The van der Waals surface area contributed by atoms with Gasteiger partial charge in [0.05, 0.1) is 27.5 Å². The maximum atomic E-state index is 13.3. The van der Waals surface area contributed by atoms with Crippen LogP contribution in [0, 0.1) is 5.92 Å². The summed E-state index contributed by atoms with van der Waals surface area (Å²) in [6.07, 6.45) is -0.726. The van der Waals surface area contributed by atoms with Crippen LogP contribution in [0.25, 0.3) is 16.6 Å². The normalized spacial score (nSPS) is 14.7. The molecule has 0 amide bonds. The molecule has 0 N–H and O–H groups in total. The lowest BCUT2D eigenvalue weighted by Gasteiger charge is -2.16. The molecular formula is C20H16ClF3N2O. The summed E-state index contributed by atoms with van der Waals surface area (Å²) in [4.78, 5) is 16.9. The minimum absolute atomic E-state index is 0.170. The van der Waals surface area contributed by atoms with Crippen molar-refractivity contribution < 1.29 is 13.2 Å². The van der Waals surface area contributed by atoms with Gasteiger partial charge in [0.25, 0.3) is 0 Å². The molecule has 0 unspecified atom stereocenters. The summed E-state index contributed by atoms with van der Waals surface area (Å²) in [5.74, 6) is 0.627. The fourth-order valence-corrected chi connectivity index (χ4v) is 3.49. The van der Waals surface area contributed by atoms with E-state index in [4.69, 9.17) is 11.6 Å². The molecule has 0 bridgehead atoms. The average Bonchev–Trinajstić information content (AvgIpc) is 3.44. The second kappa shape index (κ2) is 6.68. The molecule has 0 spiro atoms. The van der Waals surface area contributed by atoms with Crippen LogP contribution in [0.1, 0.15) is 30.5 Å². The summed E-state index contributed by atoms with van der Waals surface area (Å²) < 4.78 is 41.0. The zero-order chi connectivity index (χ0) is 19.2. The fraction of sp³-hybridized carbons (Fsp3) is 0.300. The number of aromatic nitrogens is 2. The summed E-state index contributed by atoms with van der Waals surface area (Å²) >= 11 is 6.20. The van der Waals surface area contributed by atoms with Crippen LogP contribution in [0.5, 0.6) is 0 Å². The topological polar surface area (TPSA) is 34.9 Å². The van der Waals surface area contributed by atoms with Crippen LogP contribution in [0.3, 0.4) is 0 Å². The van der Waals surface area contributed by atoms with Crippen LogP contribution in [0.4, 0.5) is 13.2 Å². The van der Waals surface area contributed by atoms with Crippen LogP contribution in [-0.2, 0) is 12.6 Å². The lowest BCUT2D eigenvalue weighted by Crippen LogP contribution is -2.24. The largest absolute Gasteiger partial charge is 0.416 e. The number of benzene rings is 2. The minimum Gasteiger partial charge on any atom is -0.259 e. The first-order chi connectivity index (χ1) is 12.8. The molecule has 1 aliphatic carbocycles. The highest BCUT2D eigenvalue weighted by atomic mass is 35.5. The van der Waals surface area contributed by atoms with Crippen molar-refractivity contribution in [1.82, 2.24) is 9.55 Å². The van der Waals surface area contributed by atoms with Crippen molar-refractivity contribution in [1.29, 1.82) is 0 Å². The van der Waals surface area contributed by atoms with Crippen LogP contribution in [-0.4, -0.2) is 9.55 Å². The summed E-state index contributed by atoms with van der Waals surface area (Å²) in [5, 5.41) is 0.814. The number of alkyl halides is 3. The maximum absolute atomic E-state index is 13.3. The molecule has 2 aromatic carbocycles. The predicted octanol–water partition coefficient (Wildman–Crippen LogP) is 5.40. The molecule has 3 aromatic rings. The number of hydrogen-bond acceptors (Lipinski definition) is 2. The zero-order valence-corrected chi connectivity index (χ0v) is 15.0. The van der Waals surface area contributed by atoms with E-state index in [1.165, 1.54) is 6.07 Å². The quantitative estimate of drug-likeness (QED) is 0.595. The van der Waals surface area contributed by atoms with Crippen LogP contribution in [0.15, 0.2) is 47.3 Å². The fourth-order valence-electron chi connectivity index (χ4n) is 3.27. The smallest absolute Gasteiger partial charge is 0.259 e. The Morgan fingerprint density at radius 2 is 1.89 bits per heavy atom. The number of aryl methyl sites for hydroxylation is 1. The SMILES string of the molecule is O=c1nc(CCC2CC2)c2ccc(C(F)(F)F)cc2n1-c1ccccc1Cl.